The predicted octanol–water partition coefficient (Wildman–Crippen LogP) is 0.675. The van der Waals surface area contributed by atoms with Crippen LogP contribution in [0.25, 0.3) is 0 Å². The smallest absolute Gasteiger partial charge is 0.127 e. The van der Waals surface area contributed by atoms with Crippen LogP contribution in [-0.2, 0) is 6.54 Å². The lowest BCUT2D eigenvalue weighted by Gasteiger charge is -2.33. The highest BCUT2D eigenvalue weighted by atomic mass is 79.9. The lowest BCUT2D eigenvalue weighted by Crippen LogP contribution is -3.29. The lowest BCUT2D eigenvalue weighted by molar-refractivity contribution is -1.03. The average molecular weight is 325 g/mol. The van der Waals surface area contributed by atoms with Crippen LogP contribution in [0, 0.1) is 0 Å². The van der Waals surface area contributed by atoms with Gasteiger partial charge >= 0.3 is 0 Å². The summed E-state index contributed by atoms with van der Waals surface area (Å²) < 4.78 is 1.21. The second kappa shape index (κ2) is 6.38. The molecule has 104 valence electrons. The number of halogens is 1. The Balaban J connectivity index is 1.50. The molecule has 2 N–H and O–H groups in total. The average Bonchev–Trinajstić information content (AvgIpc) is 2.94. The predicted molar refractivity (Wildman–Crippen MR) is 81.5 cm³/mol. The number of benzene rings is 1. The van der Waals surface area contributed by atoms with Crippen molar-refractivity contribution < 1.29 is 9.80 Å². The summed E-state index contributed by atoms with van der Waals surface area (Å²) in [5.41, 5.74) is 1.47. The summed E-state index contributed by atoms with van der Waals surface area (Å²) in [5.74, 6) is 0. The Labute approximate surface area is 124 Å². The van der Waals surface area contributed by atoms with Crippen LogP contribution in [0.3, 0.4) is 0 Å². The highest BCUT2D eigenvalue weighted by Gasteiger charge is 2.31. The van der Waals surface area contributed by atoms with E-state index in [4.69, 9.17) is 0 Å². The van der Waals surface area contributed by atoms with Gasteiger partial charge in [0, 0.05) is 10.0 Å². The maximum absolute atomic E-state index is 3.57. The van der Waals surface area contributed by atoms with E-state index in [1.54, 1.807) is 4.90 Å². The molecule has 0 bridgehead atoms. The molecule has 1 aromatic carbocycles. The van der Waals surface area contributed by atoms with Gasteiger partial charge in [-0.15, -0.1) is 0 Å². The molecule has 19 heavy (non-hydrogen) atoms. The first-order valence-electron chi connectivity index (χ1n) is 7.74. The van der Waals surface area contributed by atoms with Gasteiger partial charge in [0.05, 0.1) is 6.04 Å². The molecule has 2 nitrogen and oxygen atoms in total. The van der Waals surface area contributed by atoms with E-state index >= 15 is 0 Å². The van der Waals surface area contributed by atoms with Crippen LogP contribution in [-0.4, -0.2) is 32.2 Å². The Morgan fingerprint density at radius 3 is 2.47 bits per heavy atom. The maximum atomic E-state index is 3.57. The number of hydrogen-bond acceptors (Lipinski definition) is 0. The first-order valence-corrected chi connectivity index (χ1v) is 8.53. The van der Waals surface area contributed by atoms with Crippen molar-refractivity contribution in [2.45, 2.75) is 38.3 Å². The fourth-order valence-corrected chi connectivity index (χ4v) is 4.23. The first kappa shape index (κ1) is 13.6. The van der Waals surface area contributed by atoms with Crippen LogP contribution in [0.5, 0.6) is 0 Å². The van der Waals surface area contributed by atoms with Crippen molar-refractivity contribution in [3.63, 3.8) is 0 Å². The molecule has 0 aromatic heterocycles. The van der Waals surface area contributed by atoms with Gasteiger partial charge in [-0.05, 0) is 37.8 Å². The topological polar surface area (TPSA) is 8.88 Å². The summed E-state index contributed by atoms with van der Waals surface area (Å²) in [7, 11) is 0. The Morgan fingerprint density at radius 1 is 1.05 bits per heavy atom. The number of rotatable bonds is 3. The van der Waals surface area contributed by atoms with Gasteiger partial charge in [0.25, 0.3) is 0 Å². The molecule has 2 fully saturated rings. The molecule has 0 spiro atoms. The highest BCUT2D eigenvalue weighted by Crippen LogP contribution is 2.15. The Bertz CT molecular complexity index is 407. The van der Waals surface area contributed by atoms with Crippen molar-refractivity contribution in [3.8, 4) is 0 Å². The van der Waals surface area contributed by atoms with Crippen LogP contribution < -0.4 is 9.80 Å². The SMILES string of the molecule is Brc1cccc(C[NH+]2CC[NH+](C3CCCC3)CC2)c1. The van der Waals surface area contributed by atoms with Gasteiger partial charge in [0.15, 0.2) is 0 Å². The minimum Gasteiger partial charge on any atom is -0.323 e. The van der Waals surface area contributed by atoms with Gasteiger partial charge in [-0.25, -0.2) is 0 Å². The molecule has 0 amide bonds. The Kier molecular flexibility index (Phi) is 4.57. The zero-order chi connectivity index (χ0) is 13.1. The van der Waals surface area contributed by atoms with Gasteiger partial charge < -0.3 is 9.80 Å². The van der Waals surface area contributed by atoms with Crippen LogP contribution in [0.2, 0.25) is 0 Å². The molecule has 0 unspecified atom stereocenters. The van der Waals surface area contributed by atoms with Crippen molar-refractivity contribution in [1.29, 1.82) is 0 Å². The van der Waals surface area contributed by atoms with Crippen LogP contribution in [0.4, 0.5) is 0 Å². The molecule has 2 aliphatic rings. The monoisotopic (exact) mass is 324 g/mol. The third-order valence-electron chi connectivity index (χ3n) is 4.88. The number of piperazine rings is 1. The van der Waals surface area contributed by atoms with Gasteiger partial charge in [0.2, 0.25) is 0 Å². The molecule has 1 aromatic rings. The molecule has 0 radical (unpaired) electrons. The van der Waals surface area contributed by atoms with Crippen molar-refractivity contribution in [3.05, 3.63) is 34.3 Å². The molecular weight excluding hydrogens is 300 g/mol. The third kappa shape index (κ3) is 3.59. The van der Waals surface area contributed by atoms with E-state index in [0.29, 0.717) is 0 Å². The molecule has 3 rings (SSSR count). The first-order chi connectivity index (χ1) is 9.31. The Hall–Kier alpha value is -0.380. The van der Waals surface area contributed by atoms with Gasteiger partial charge in [0.1, 0.15) is 32.7 Å². The second-order valence-electron chi connectivity index (χ2n) is 6.20. The van der Waals surface area contributed by atoms with Crippen LogP contribution >= 0.6 is 15.9 Å². The molecule has 1 saturated carbocycles. The molecule has 1 aliphatic heterocycles. The van der Waals surface area contributed by atoms with E-state index < -0.39 is 0 Å². The molecule has 1 heterocycles. The third-order valence-corrected chi connectivity index (χ3v) is 5.37. The standard InChI is InChI=1S/C16H23BrN2/c17-15-5-3-4-14(12-15)13-18-8-10-19(11-9-18)16-6-1-2-7-16/h3-5,12,16H,1-2,6-11,13H2/p+2. The van der Waals surface area contributed by atoms with E-state index in [0.717, 1.165) is 6.04 Å². The van der Waals surface area contributed by atoms with Crippen LogP contribution in [0.1, 0.15) is 31.2 Å². The van der Waals surface area contributed by atoms with E-state index in [1.807, 2.05) is 4.90 Å². The summed E-state index contributed by atoms with van der Waals surface area (Å²) in [6, 6.07) is 9.78. The number of nitrogens with one attached hydrogen (secondary N) is 2. The minimum absolute atomic E-state index is 0.993. The van der Waals surface area contributed by atoms with Crippen molar-refractivity contribution in [1.82, 2.24) is 0 Å². The van der Waals surface area contributed by atoms with Crippen molar-refractivity contribution in [2.75, 3.05) is 26.2 Å². The Morgan fingerprint density at radius 2 is 1.79 bits per heavy atom. The second-order valence-corrected chi connectivity index (χ2v) is 7.11. The summed E-state index contributed by atoms with van der Waals surface area (Å²) in [6.07, 6.45) is 5.91. The fraction of sp³-hybridized carbons (Fsp3) is 0.625. The summed E-state index contributed by atoms with van der Waals surface area (Å²) in [6.45, 7) is 6.65. The van der Waals surface area contributed by atoms with E-state index in [1.165, 1.54) is 68.4 Å². The van der Waals surface area contributed by atoms with Crippen molar-refractivity contribution in [2.24, 2.45) is 0 Å². The minimum atomic E-state index is 0.993. The molecule has 1 saturated heterocycles. The normalized spacial score (nSPS) is 28.7. The van der Waals surface area contributed by atoms with Gasteiger partial charge in [-0.1, -0.05) is 28.1 Å². The zero-order valence-corrected chi connectivity index (χ0v) is 13.2. The number of hydrogen-bond donors (Lipinski definition) is 2. The maximum Gasteiger partial charge on any atom is 0.127 e. The van der Waals surface area contributed by atoms with Gasteiger partial charge in [-0.2, -0.15) is 0 Å². The summed E-state index contributed by atoms with van der Waals surface area (Å²) in [4.78, 5) is 3.66. The van der Waals surface area contributed by atoms with E-state index in [2.05, 4.69) is 40.2 Å². The molecule has 3 heteroatoms. The van der Waals surface area contributed by atoms with Gasteiger partial charge in [-0.3, -0.25) is 0 Å². The van der Waals surface area contributed by atoms with Crippen LogP contribution in [0.15, 0.2) is 28.7 Å². The summed E-state index contributed by atoms with van der Waals surface area (Å²) in [5, 5.41) is 0. The largest absolute Gasteiger partial charge is 0.323 e. The quantitative estimate of drug-likeness (QED) is 0.809. The fourth-order valence-electron chi connectivity index (χ4n) is 3.78. The zero-order valence-electron chi connectivity index (χ0n) is 11.6. The molecule has 1 aliphatic carbocycles. The molecule has 0 atom stereocenters. The summed E-state index contributed by atoms with van der Waals surface area (Å²) >= 11 is 3.57. The van der Waals surface area contributed by atoms with E-state index in [9.17, 15) is 0 Å². The lowest BCUT2D eigenvalue weighted by atomic mass is 10.1. The molecular formula is C16H25BrN2+2. The van der Waals surface area contributed by atoms with E-state index in [-0.39, 0.29) is 0 Å². The highest BCUT2D eigenvalue weighted by molar-refractivity contribution is 9.10. The number of quaternary nitrogens is 2. The van der Waals surface area contributed by atoms with Crippen molar-refractivity contribution >= 4 is 15.9 Å².